The average molecular weight is 270 g/mol. The fourth-order valence-electron chi connectivity index (χ4n) is 2.52. The topological polar surface area (TPSA) is 45.5 Å². The molecule has 1 aliphatic rings. The van der Waals surface area contributed by atoms with E-state index in [0.717, 1.165) is 30.2 Å². The van der Waals surface area contributed by atoms with Crippen LogP contribution >= 0.6 is 0 Å². The van der Waals surface area contributed by atoms with Crippen molar-refractivity contribution in [2.45, 2.75) is 19.9 Å². The van der Waals surface area contributed by atoms with Crippen LogP contribution in [0.25, 0.3) is 0 Å². The van der Waals surface area contributed by atoms with Gasteiger partial charge in [-0.2, -0.15) is 0 Å². The van der Waals surface area contributed by atoms with Crippen molar-refractivity contribution in [3.63, 3.8) is 0 Å². The summed E-state index contributed by atoms with van der Waals surface area (Å²) in [4.78, 5) is 14.1. The SMILES string of the molecule is Cc1ccc(CN(C)C(=O)c2ccc3c(c2)NCC3)o1. The number of nitrogens with zero attached hydrogens (tertiary/aromatic N) is 1. The second-order valence-electron chi connectivity index (χ2n) is 5.22. The molecule has 1 amide bonds. The first kappa shape index (κ1) is 12.8. The zero-order valence-corrected chi connectivity index (χ0v) is 11.8. The largest absolute Gasteiger partial charge is 0.464 e. The third-order valence-electron chi connectivity index (χ3n) is 3.60. The lowest BCUT2D eigenvalue weighted by atomic mass is 10.1. The Morgan fingerprint density at radius 1 is 1.35 bits per heavy atom. The second-order valence-corrected chi connectivity index (χ2v) is 5.22. The number of nitrogens with one attached hydrogen (secondary N) is 1. The molecule has 1 aromatic heterocycles. The van der Waals surface area contributed by atoms with E-state index >= 15 is 0 Å². The summed E-state index contributed by atoms with van der Waals surface area (Å²) in [5, 5.41) is 3.30. The summed E-state index contributed by atoms with van der Waals surface area (Å²) in [7, 11) is 1.79. The molecule has 0 fully saturated rings. The third-order valence-corrected chi connectivity index (χ3v) is 3.60. The predicted octanol–water partition coefficient (Wildman–Crippen LogP) is 2.83. The van der Waals surface area contributed by atoms with Crippen molar-refractivity contribution in [3.8, 4) is 0 Å². The summed E-state index contributed by atoms with van der Waals surface area (Å²) in [6.07, 6.45) is 1.03. The van der Waals surface area contributed by atoms with Crippen LogP contribution in [0, 0.1) is 6.92 Å². The average Bonchev–Trinajstić information content (AvgIpc) is 3.05. The molecule has 0 saturated carbocycles. The van der Waals surface area contributed by atoms with Gasteiger partial charge in [-0.3, -0.25) is 4.79 Å². The number of anilines is 1. The van der Waals surface area contributed by atoms with E-state index in [2.05, 4.69) is 5.32 Å². The van der Waals surface area contributed by atoms with Crippen LogP contribution in [0.4, 0.5) is 5.69 Å². The lowest BCUT2D eigenvalue weighted by Crippen LogP contribution is -2.26. The maximum atomic E-state index is 12.4. The van der Waals surface area contributed by atoms with Crippen molar-refractivity contribution in [1.82, 2.24) is 4.90 Å². The minimum atomic E-state index is 0.00977. The minimum Gasteiger partial charge on any atom is -0.464 e. The van der Waals surface area contributed by atoms with Gasteiger partial charge in [-0.25, -0.2) is 0 Å². The van der Waals surface area contributed by atoms with Gasteiger partial charge in [0, 0.05) is 24.8 Å². The molecule has 4 nitrogen and oxygen atoms in total. The molecular formula is C16H18N2O2. The van der Waals surface area contributed by atoms with Crippen molar-refractivity contribution in [3.05, 3.63) is 53.0 Å². The van der Waals surface area contributed by atoms with Crippen LogP contribution in [0.3, 0.4) is 0 Å². The van der Waals surface area contributed by atoms with Gasteiger partial charge in [0.25, 0.3) is 5.91 Å². The normalized spacial score (nSPS) is 12.9. The smallest absolute Gasteiger partial charge is 0.254 e. The summed E-state index contributed by atoms with van der Waals surface area (Å²) in [6.45, 7) is 3.34. The van der Waals surface area contributed by atoms with Crippen LogP contribution < -0.4 is 5.32 Å². The Morgan fingerprint density at radius 3 is 2.95 bits per heavy atom. The molecule has 1 aromatic carbocycles. The maximum Gasteiger partial charge on any atom is 0.254 e. The highest BCUT2D eigenvalue weighted by Gasteiger charge is 2.17. The van der Waals surface area contributed by atoms with Gasteiger partial charge in [0.15, 0.2) is 0 Å². The molecule has 0 saturated heterocycles. The minimum absolute atomic E-state index is 0.00977. The molecule has 3 rings (SSSR count). The van der Waals surface area contributed by atoms with E-state index in [4.69, 9.17) is 4.42 Å². The van der Waals surface area contributed by atoms with Gasteiger partial charge in [0.1, 0.15) is 11.5 Å². The predicted molar refractivity (Wildman–Crippen MR) is 77.9 cm³/mol. The number of carbonyl (C=O) groups is 1. The first-order valence-corrected chi connectivity index (χ1v) is 6.81. The van der Waals surface area contributed by atoms with E-state index in [-0.39, 0.29) is 5.91 Å². The van der Waals surface area contributed by atoms with Gasteiger partial charge in [0.05, 0.1) is 6.54 Å². The summed E-state index contributed by atoms with van der Waals surface area (Å²) >= 11 is 0. The highest BCUT2D eigenvalue weighted by molar-refractivity contribution is 5.95. The van der Waals surface area contributed by atoms with Crippen LogP contribution in [0.1, 0.15) is 27.4 Å². The fraction of sp³-hybridized carbons (Fsp3) is 0.312. The molecule has 0 unspecified atom stereocenters. The van der Waals surface area contributed by atoms with E-state index < -0.39 is 0 Å². The van der Waals surface area contributed by atoms with Gasteiger partial charge in [-0.15, -0.1) is 0 Å². The molecule has 2 aromatic rings. The lowest BCUT2D eigenvalue weighted by Gasteiger charge is -2.16. The van der Waals surface area contributed by atoms with Crippen LogP contribution in [-0.2, 0) is 13.0 Å². The zero-order chi connectivity index (χ0) is 14.1. The maximum absolute atomic E-state index is 12.4. The second kappa shape index (κ2) is 5.04. The van der Waals surface area contributed by atoms with E-state index in [1.807, 2.05) is 37.3 Å². The Balaban J connectivity index is 1.74. The number of rotatable bonds is 3. The van der Waals surface area contributed by atoms with E-state index in [9.17, 15) is 4.79 Å². The molecule has 0 spiro atoms. The standard InChI is InChI=1S/C16H18N2O2/c1-11-3-6-14(20-11)10-18(2)16(19)13-5-4-12-7-8-17-15(12)9-13/h3-6,9,17H,7-8,10H2,1-2H3. The molecule has 2 heterocycles. The van der Waals surface area contributed by atoms with Crippen LogP contribution in [0.2, 0.25) is 0 Å². The van der Waals surface area contributed by atoms with Crippen LogP contribution in [0.15, 0.2) is 34.7 Å². The summed E-state index contributed by atoms with van der Waals surface area (Å²) < 4.78 is 5.51. The summed E-state index contributed by atoms with van der Waals surface area (Å²) in [5.74, 6) is 1.68. The van der Waals surface area contributed by atoms with Gasteiger partial charge in [0.2, 0.25) is 0 Å². The molecule has 1 aliphatic heterocycles. The zero-order valence-electron chi connectivity index (χ0n) is 11.8. The van der Waals surface area contributed by atoms with Gasteiger partial charge >= 0.3 is 0 Å². The number of carbonyl (C=O) groups excluding carboxylic acids is 1. The molecule has 4 heteroatoms. The number of fused-ring (bicyclic) bond motifs is 1. The highest BCUT2D eigenvalue weighted by Crippen LogP contribution is 2.24. The summed E-state index contributed by atoms with van der Waals surface area (Å²) in [6, 6.07) is 9.69. The molecule has 0 aliphatic carbocycles. The first-order chi connectivity index (χ1) is 9.63. The first-order valence-electron chi connectivity index (χ1n) is 6.81. The number of furan rings is 1. The number of hydrogen-bond donors (Lipinski definition) is 1. The lowest BCUT2D eigenvalue weighted by molar-refractivity contribution is 0.0775. The molecule has 0 radical (unpaired) electrons. The fourth-order valence-corrected chi connectivity index (χ4v) is 2.52. The van der Waals surface area contributed by atoms with E-state index in [1.165, 1.54) is 5.56 Å². The van der Waals surface area contributed by atoms with Crippen molar-refractivity contribution in [2.24, 2.45) is 0 Å². The van der Waals surface area contributed by atoms with Gasteiger partial charge in [-0.1, -0.05) is 6.07 Å². The quantitative estimate of drug-likeness (QED) is 0.932. The van der Waals surface area contributed by atoms with Crippen molar-refractivity contribution >= 4 is 11.6 Å². The molecule has 20 heavy (non-hydrogen) atoms. The van der Waals surface area contributed by atoms with Crippen LogP contribution in [0.5, 0.6) is 0 Å². The van der Waals surface area contributed by atoms with Crippen LogP contribution in [-0.4, -0.2) is 24.4 Å². The van der Waals surface area contributed by atoms with Gasteiger partial charge < -0.3 is 14.6 Å². The summed E-state index contributed by atoms with van der Waals surface area (Å²) in [5.41, 5.74) is 3.08. The molecule has 0 bridgehead atoms. The Morgan fingerprint density at radius 2 is 2.20 bits per heavy atom. The van der Waals surface area contributed by atoms with E-state index in [1.54, 1.807) is 11.9 Å². The van der Waals surface area contributed by atoms with Crippen molar-refractivity contribution in [1.29, 1.82) is 0 Å². The molecular weight excluding hydrogens is 252 g/mol. The highest BCUT2D eigenvalue weighted by atomic mass is 16.3. The monoisotopic (exact) mass is 270 g/mol. The Bertz CT molecular complexity index is 646. The van der Waals surface area contributed by atoms with Crippen molar-refractivity contribution in [2.75, 3.05) is 18.9 Å². The molecule has 104 valence electrons. The van der Waals surface area contributed by atoms with E-state index in [0.29, 0.717) is 12.1 Å². The Labute approximate surface area is 118 Å². The number of benzene rings is 1. The molecule has 1 N–H and O–H groups in total. The Hall–Kier alpha value is -2.23. The molecule has 0 atom stereocenters. The van der Waals surface area contributed by atoms with Crippen molar-refractivity contribution < 1.29 is 9.21 Å². The number of amides is 1. The van der Waals surface area contributed by atoms with Gasteiger partial charge in [-0.05, 0) is 43.2 Å². The number of hydrogen-bond acceptors (Lipinski definition) is 3. The Kier molecular flexibility index (Phi) is 3.22. The third kappa shape index (κ3) is 2.41. The number of aryl methyl sites for hydroxylation is 1.